The van der Waals surface area contributed by atoms with Gasteiger partial charge >= 0.3 is 0 Å². The molecule has 0 saturated heterocycles. The highest BCUT2D eigenvalue weighted by atomic mass is 19.2. The third kappa shape index (κ3) is 1.67. The molecule has 1 aliphatic rings. The second-order valence-corrected chi connectivity index (χ2v) is 4.09. The van der Waals surface area contributed by atoms with Crippen molar-refractivity contribution < 1.29 is 22.0 Å². The minimum atomic E-state index is -2.14. The van der Waals surface area contributed by atoms with Crippen molar-refractivity contribution in [1.82, 2.24) is 0 Å². The Labute approximate surface area is 88.1 Å². The number of benzene rings is 1. The van der Waals surface area contributed by atoms with E-state index < -0.39 is 40.2 Å². The van der Waals surface area contributed by atoms with Gasteiger partial charge in [0.15, 0.2) is 23.3 Å². The Kier molecular flexibility index (Phi) is 2.41. The summed E-state index contributed by atoms with van der Waals surface area (Å²) in [6, 6.07) is 0. The van der Waals surface area contributed by atoms with Crippen molar-refractivity contribution in [3.8, 4) is 0 Å². The SMILES string of the molecule is NC1(Cc2c(F)c(F)c(F)c(F)c2F)CC1. The van der Waals surface area contributed by atoms with Crippen molar-refractivity contribution in [1.29, 1.82) is 0 Å². The van der Waals surface area contributed by atoms with Crippen molar-refractivity contribution in [2.45, 2.75) is 24.8 Å². The molecule has 0 unspecified atom stereocenters. The molecule has 88 valence electrons. The zero-order valence-corrected chi connectivity index (χ0v) is 8.09. The zero-order valence-electron chi connectivity index (χ0n) is 8.09. The molecule has 1 nitrogen and oxygen atoms in total. The van der Waals surface area contributed by atoms with Gasteiger partial charge in [-0.1, -0.05) is 0 Å². The normalized spacial score (nSPS) is 17.6. The van der Waals surface area contributed by atoms with E-state index in [4.69, 9.17) is 5.73 Å². The highest BCUT2D eigenvalue weighted by molar-refractivity contribution is 5.27. The molecule has 16 heavy (non-hydrogen) atoms. The lowest BCUT2D eigenvalue weighted by Gasteiger charge is -2.12. The molecule has 0 atom stereocenters. The van der Waals surface area contributed by atoms with Crippen LogP contribution in [0.3, 0.4) is 0 Å². The van der Waals surface area contributed by atoms with Crippen molar-refractivity contribution in [2.24, 2.45) is 5.73 Å². The Balaban J connectivity index is 2.51. The summed E-state index contributed by atoms with van der Waals surface area (Å²) in [6.45, 7) is 0. The first-order chi connectivity index (χ1) is 7.36. The number of hydrogen-bond donors (Lipinski definition) is 1. The second-order valence-electron chi connectivity index (χ2n) is 4.09. The maximum absolute atomic E-state index is 13.2. The summed E-state index contributed by atoms with van der Waals surface area (Å²) in [7, 11) is 0. The minimum absolute atomic E-state index is 0.335. The molecular weight excluding hydrogens is 229 g/mol. The lowest BCUT2D eigenvalue weighted by molar-refractivity contribution is 0.367. The highest BCUT2D eigenvalue weighted by Crippen LogP contribution is 2.37. The second kappa shape index (κ2) is 3.41. The van der Waals surface area contributed by atoms with Gasteiger partial charge in [0.25, 0.3) is 0 Å². The van der Waals surface area contributed by atoms with Gasteiger partial charge < -0.3 is 5.73 Å². The van der Waals surface area contributed by atoms with Gasteiger partial charge in [0, 0.05) is 11.1 Å². The highest BCUT2D eigenvalue weighted by Gasteiger charge is 2.41. The molecule has 0 spiro atoms. The third-order valence-electron chi connectivity index (χ3n) is 2.72. The predicted molar refractivity (Wildman–Crippen MR) is 46.1 cm³/mol. The molecule has 1 aromatic carbocycles. The van der Waals surface area contributed by atoms with Crippen molar-refractivity contribution in [3.05, 3.63) is 34.6 Å². The fourth-order valence-electron chi connectivity index (χ4n) is 1.49. The van der Waals surface area contributed by atoms with E-state index in [0.29, 0.717) is 12.8 Å². The van der Waals surface area contributed by atoms with Gasteiger partial charge in [-0.15, -0.1) is 0 Å². The van der Waals surface area contributed by atoms with E-state index in [0.717, 1.165) is 0 Å². The maximum Gasteiger partial charge on any atom is 0.200 e. The van der Waals surface area contributed by atoms with Crippen LogP contribution < -0.4 is 5.73 Å². The molecule has 0 radical (unpaired) electrons. The Morgan fingerprint density at radius 2 is 1.19 bits per heavy atom. The van der Waals surface area contributed by atoms with E-state index in [1.54, 1.807) is 0 Å². The van der Waals surface area contributed by atoms with Crippen LogP contribution >= 0.6 is 0 Å². The van der Waals surface area contributed by atoms with Crippen molar-refractivity contribution in [2.75, 3.05) is 0 Å². The van der Waals surface area contributed by atoms with Gasteiger partial charge in [-0.25, -0.2) is 22.0 Å². The largest absolute Gasteiger partial charge is 0.325 e. The lowest BCUT2D eigenvalue weighted by atomic mass is 10.0. The lowest BCUT2D eigenvalue weighted by Crippen LogP contribution is -2.26. The molecule has 0 aromatic heterocycles. The summed E-state index contributed by atoms with van der Waals surface area (Å²) in [5.74, 6) is -9.54. The molecule has 0 bridgehead atoms. The van der Waals surface area contributed by atoms with Crippen LogP contribution in [0.2, 0.25) is 0 Å². The molecule has 0 heterocycles. The number of hydrogen-bond acceptors (Lipinski definition) is 1. The average molecular weight is 237 g/mol. The van der Waals surface area contributed by atoms with Crippen LogP contribution in [0.1, 0.15) is 18.4 Å². The van der Waals surface area contributed by atoms with E-state index >= 15 is 0 Å². The van der Waals surface area contributed by atoms with Crippen LogP contribution in [0.15, 0.2) is 0 Å². The third-order valence-corrected chi connectivity index (χ3v) is 2.72. The van der Waals surface area contributed by atoms with Crippen LogP contribution in [-0.2, 0) is 6.42 Å². The minimum Gasteiger partial charge on any atom is -0.325 e. The first-order valence-corrected chi connectivity index (χ1v) is 4.65. The van der Waals surface area contributed by atoms with Gasteiger partial charge in [0.2, 0.25) is 5.82 Å². The molecule has 1 aromatic rings. The molecule has 0 aliphatic heterocycles. The van der Waals surface area contributed by atoms with E-state index in [1.807, 2.05) is 0 Å². The Hall–Kier alpha value is -1.17. The Bertz CT molecular complexity index is 424. The smallest absolute Gasteiger partial charge is 0.200 e. The molecule has 1 fully saturated rings. The number of rotatable bonds is 2. The van der Waals surface area contributed by atoms with Crippen molar-refractivity contribution >= 4 is 0 Å². The quantitative estimate of drug-likeness (QED) is 0.477. The van der Waals surface area contributed by atoms with Crippen LogP contribution in [0, 0.1) is 29.1 Å². The first kappa shape index (κ1) is 11.3. The topological polar surface area (TPSA) is 26.0 Å². The summed E-state index contributed by atoms with van der Waals surface area (Å²) < 4.78 is 64.6. The van der Waals surface area contributed by atoms with Crippen molar-refractivity contribution in [3.63, 3.8) is 0 Å². The summed E-state index contributed by atoms with van der Waals surface area (Å²) in [6.07, 6.45) is 0.706. The van der Waals surface area contributed by atoms with Crippen LogP contribution in [0.4, 0.5) is 22.0 Å². The zero-order chi connectivity index (χ0) is 12.1. The summed E-state index contributed by atoms with van der Waals surface area (Å²) >= 11 is 0. The summed E-state index contributed by atoms with van der Waals surface area (Å²) in [4.78, 5) is 0. The van der Waals surface area contributed by atoms with Crippen LogP contribution in [-0.4, -0.2) is 5.54 Å². The first-order valence-electron chi connectivity index (χ1n) is 4.65. The van der Waals surface area contributed by atoms with E-state index in [-0.39, 0.29) is 6.42 Å². The molecule has 2 rings (SSSR count). The number of nitrogens with two attached hydrogens (primary N) is 1. The predicted octanol–water partition coefficient (Wildman–Crippen LogP) is 2.42. The molecule has 0 amide bonds. The fourth-order valence-corrected chi connectivity index (χ4v) is 1.49. The van der Waals surface area contributed by atoms with Gasteiger partial charge in [-0.05, 0) is 19.3 Å². The fraction of sp³-hybridized carbons (Fsp3) is 0.400. The van der Waals surface area contributed by atoms with Crippen LogP contribution in [0.25, 0.3) is 0 Å². The molecule has 1 aliphatic carbocycles. The molecule has 2 N–H and O–H groups in total. The molecular formula is C10H8F5N. The number of halogens is 5. The van der Waals surface area contributed by atoms with Gasteiger partial charge in [0.1, 0.15) is 0 Å². The summed E-state index contributed by atoms with van der Waals surface area (Å²) in [5, 5.41) is 0. The van der Waals surface area contributed by atoms with Gasteiger partial charge in [-0.2, -0.15) is 0 Å². The average Bonchev–Trinajstić information content (AvgIpc) is 2.98. The Morgan fingerprint density at radius 3 is 1.56 bits per heavy atom. The van der Waals surface area contributed by atoms with E-state index in [9.17, 15) is 22.0 Å². The van der Waals surface area contributed by atoms with Crippen LogP contribution in [0.5, 0.6) is 0 Å². The Morgan fingerprint density at radius 1 is 0.812 bits per heavy atom. The molecule has 6 heteroatoms. The summed E-state index contributed by atoms with van der Waals surface area (Å²) in [5.41, 5.74) is 3.94. The van der Waals surface area contributed by atoms with Gasteiger partial charge in [-0.3, -0.25) is 0 Å². The van der Waals surface area contributed by atoms with Gasteiger partial charge in [0.05, 0.1) is 0 Å². The molecule has 1 saturated carbocycles. The standard InChI is InChI=1S/C10H8F5N/c11-5-4(3-10(16)1-2-10)6(12)8(14)9(15)7(5)13/h1-3,16H2. The van der Waals surface area contributed by atoms with E-state index in [2.05, 4.69) is 0 Å². The monoisotopic (exact) mass is 237 g/mol. The van der Waals surface area contributed by atoms with E-state index in [1.165, 1.54) is 0 Å². The maximum atomic E-state index is 13.2.